The summed E-state index contributed by atoms with van der Waals surface area (Å²) in [5, 5.41) is 13.6. The molecule has 0 bridgehead atoms. The molecule has 1 aromatic carbocycles. The van der Waals surface area contributed by atoms with Crippen molar-refractivity contribution in [2.45, 2.75) is 13.0 Å². The van der Waals surface area contributed by atoms with Gasteiger partial charge in [0.1, 0.15) is 11.4 Å². The molecule has 0 aliphatic rings. The summed E-state index contributed by atoms with van der Waals surface area (Å²) in [5.74, 6) is -1.36. The molecule has 136 valence electrons. The molecule has 0 fully saturated rings. The topological polar surface area (TPSA) is 121 Å². The van der Waals surface area contributed by atoms with Crippen molar-refractivity contribution in [2.75, 3.05) is 12.4 Å². The number of benzene rings is 1. The van der Waals surface area contributed by atoms with Crippen molar-refractivity contribution in [3.8, 4) is 5.75 Å². The van der Waals surface area contributed by atoms with Gasteiger partial charge in [-0.1, -0.05) is 11.6 Å². The fraction of sp³-hybridized carbons (Fsp3) is 0.188. The van der Waals surface area contributed by atoms with E-state index in [-0.39, 0.29) is 22.8 Å². The Labute approximate surface area is 153 Å². The number of hydrogen-bond acceptors (Lipinski definition) is 7. The summed E-state index contributed by atoms with van der Waals surface area (Å²) < 4.78 is 10.1. The van der Waals surface area contributed by atoms with Crippen molar-refractivity contribution in [3.05, 3.63) is 57.4 Å². The Morgan fingerprint density at radius 1 is 1.31 bits per heavy atom. The number of nitrogens with zero attached hydrogens (tertiary/aromatic N) is 2. The van der Waals surface area contributed by atoms with Gasteiger partial charge in [0.05, 0.1) is 23.8 Å². The highest BCUT2D eigenvalue weighted by atomic mass is 35.5. The zero-order valence-corrected chi connectivity index (χ0v) is 14.5. The molecule has 26 heavy (non-hydrogen) atoms. The van der Waals surface area contributed by atoms with Crippen molar-refractivity contribution in [1.29, 1.82) is 0 Å². The molecule has 2 rings (SSSR count). The fourth-order valence-corrected chi connectivity index (χ4v) is 2.08. The van der Waals surface area contributed by atoms with Gasteiger partial charge in [-0.05, 0) is 25.1 Å². The Morgan fingerprint density at radius 3 is 2.65 bits per heavy atom. The van der Waals surface area contributed by atoms with E-state index in [1.54, 1.807) is 0 Å². The maximum absolute atomic E-state index is 12.2. The second-order valence-corrected chi connectivity index (χ2v) is 5.47. The third-order valence-corrected chi connectivity index (χ3v) is 3.47. The molecule has 1 heterocycles. The van der Waals surface area contributed by atoms with Crippen LogP contribution in [0.1, 0.15) is 17.4 Å². The molecule has 0 radical (unpaired) electrons. The van der Waals surface area contributed by atoms with E-state index in [9.17, 15) is 19.7 Å². The normalized spacial score (nSPS) is 11.3. The van der Waals surface area contributed by atoms with Crippen molar-refractivity contribution < 1.29 is 24.0 Å². The second-order valence-electron chi connectivity index (χ2n) is 5.04. The zero-order chi connectivity index (χ0) is 19.3. The van der Waals surface area contributed by atoms with Gasteiger partial charge in [0.2, 0.25) is 0 Å². The van der Waals surface area contributed by atoms with E-state index in [4.69, 9.17) is 21.1 Å². The summed E-state index contributed by atoms with van der Waals surface area (Å²) in [6.07, 6.45) is 0.189. The highest BCUT2D eigenvalue weighted by Crippen LogP contribution is 2.29. The first-order valence-corrected chi connectivity index (χ1v) is 7.65. The van der Waals surface area contributed by atoms with Gasteiger partial charge < -0.3 is 14.8 Å². The number of carbonyl (C=O) groups excluding carboxylic acids is 2. The van der Waals surface area contributed by atoms with E-state index >= 15 is 0 Å². The summed E-state index contributed by atoms with van der Waals surface area (Å²) in [4.78, 5) is 38.2. The van der Waals surface area contributed by atoms with E-state index in [0.29, 0.717) is 5.02 Å². The molecule has 1 N–H and O–H groups in total. The molecule has 0 saturated carbocycles. The maximum Gasteiger partial charge on any atom is 0.357 e. The molecule has 10 heteroatoms. The minimum atomic E-state index is -1.15. The number of nitro benzene ring substituents is 1. The minimum Gasteiger partial charge on any atom is -0.494 e. The monoisotopic (exact) mass is 379 g/mol. The lowest BCUT2D eigenvalue weighted by atomic mass is 10.2. The molecule has 1 atom stereocenters. The number of anilines is 1. The Bertz CT molecular complexity index is 858. The number of aromatic nitrogens is 1. The van der Waals surface area contributed by atoms with Crippen LogP contribution in [0.4, 0.5) is 11.4 Å². The smallest absolute Gasteiger partial charge is 0.357 e. The third-order valence-electron chi connectivity index (χ3n) is 3.24. The number of non-ortho nitro benzene ring substituents is 1. The number of nitrogens with one attached hydrogen (secondary N) is 1. The molecular weight excluding hydrogens is 366 g/mol. The quantitative estimate of drug-likeness (QED) is 0.465. The molecule has 0 unspecified atom stereocenters. The fourth-order valence-electron chi connectivity index (χ4n) is 1.92. The number of rotatable bonds is 6. The van der Waals surface area contributed by atoms with Crippen molar-refractivity contribution in [2.24, 2.45) is 0 Å². The van der Waals surface area contributed by atoms with Crippen LogP contribution in [0.25, 0.3) is 0 Å². The molecule has 9 nitrogen and oxygen atoms in total. The lowest BCUT2D eigenvalue weighted by molar-refractivity contribution is -0.384. The number of esters is 1. The summed E-state index contributed by atoms with van der Waals surface area (Å²) in [7, 11) is 1.31. The predicted octanol–water partition coefficient (Wildman–Crippen LogP) is 2.84. The molecule has 0 spiro atoms. The van der Waals surface area contributed by atoms with E-state index < -0.39 is 22.9 Å². The zero-order valence-electron chi connectivity index (χ0n) is 13.8. The van der Waals surface area contributed by atoms with Gasteiger partial charge in [0, 0.05) is 17.3 Å². The van der Waals surface area contributed by atoms with Gasteiger partial charge in [-0.2, -0.15) is 0 Å². The van der Waals surface area contributed by atoms with Gasteiger partial charge in [0.25, 0.3) is 11.6 Å². The number of pyridine rings is 1. The lowest BCUT2D eigenvalue weighted by Crippen LogP contribution is -2.30. The second kappa shape index (κ2) is 8.26. The Morgan fingerprint density at radius 2 is 2.04 bits per heavy atom. The minimum absolute atomic E-state index is 0.0370. The van der Waals surface area contributed by atoms with Crippen molar-refractivity contribution in [1.82, 2.24) is 4.98 Å². The number of carbonyl (C=O) groups is 2. The Kier molecular flexibility index (Phi) is 6.07. The highest BCUT2D eigenvalue weighted by molar-refractivity contribution is 6.30. The molecule has 0 saturated heterocycles. The van der Waals surface area contributed by atoms with Crippen LogP contribution in [0.3, 0.4) is 0 Å². The largest absolute Gasteiger partial charge is 0.494 e. The lowest BCUT2D eigenvalue weighted by Gasteiger charge is -2.15. The standard InChI is InChI=1S/C16H14ClN3O6/c1-9(26-16(22)13-7-10(17)5-6-18-13)15(21)19-12-4-3-11(20(23)24)8-14(12)25-2/h3-9H,1-2H3,(H,19,21)/t9-/m1/s1. The first kappa shape index (κ1) is 19.1. The van der Waals surface area contributed by atoms with Crippen molar-refractivity contribution in [3.63, 3.8) is 0 Å². The SMILES string of the molecule is COc1cc([N+](=O)[O-])ccc1NC(=O)[C@@H](C)OC(=O)c1cc(Cl)ccn1. The number of nitro groups is 1. The van der Waals surface area contributed by atoms with Crippen LogP contribution in [-0.2, 0) is 9.53 Å². The average Bonchev–Trinajstić information content (AvgIpc) is 2.61. The summed E-state index contributed by atoms with van der Waals surface area (Å²) in [6, 6.07) is 6.51. The Hall–Kier alpha value is -3.20. The summed E-state index contributed by atoms with van der Waals surface area (Å²) >= 11 is 5.77. The van der Waals surface area contributed by atoms with Gasteiger partial charge >= 0.3 is 5.97 Å². The van der Waals surface area contributed by atoms with Crippen molar-refractivity contribution >= 4 is 34.9 Å². The molecule has 1 aromatic heterocycles. The van der Waals surface area contributed by atoms with E-state index in [2.05, 4.69) is 10.3 Å². The van der Waals surface area contributed by atoms with E-state index in [1.165, 1.54) is 50.6 Å². The van der Waals surface area contributed by atoms with E-state index in [1.807, 2.05) is 0 Å². The van der Waals surface area contributed by atoms with Crippen LogP contribution in [0.2, 0.25) is 5.02 Å². The number of amides is 1. The molecular formula is C16H14ClN3O6. The highest BCUT2D eigenvalue weighted by Gasteiger charge is 2.22. The predicted molar refractivity (Wildman–Crippen MR) is 92.4 cm³/mol. The van der Waals surface area contributed by atoms with E-state index in [0.717, 1.165) is 0 Å². The van der Waals surface area contributed by atoms with Crippen LogP contribution in [0, 0.1) is 10.1 Å². The van der Waals surface area contributed by atoms with Crippen LogP contribution in [-0.4, -0.2) is 35.0 Å². The van der Waals surface area contributed by atoms with Gasteiger partial charge in [-0.25, -0.2) is 9.78 Å². The molecule has 0 aliphatic heterocycles. The Balaban J connectivity index is 2.07. The number of halogens is 1. The number of methoxy groups -OCH3 is 1. The van der Waals surface area contributed by atoms with Gasteiger partial charge in [-0.3, -0.25) is 14.9 Å². The third kappa shape index (κ3) is 4.67. The van der Waals surface area contributed by atoms with Gasteiger partial charge in [0.15, 0.2) is 6.10 Å². The molecule has 0 aliphatic carbocycles. The van der Waals surface area contributed by atoms with Crippen LogP contribution in [0.5, 0.6) is 5.75 Å². The van der Waals surface area contributed by atoms with Crippen LogP contribution in [0.15, 0.2) is 36.5 Å². The van der Waals surface area contributed by atoms with Crippen LogP contribution < -0.4 is 10.1 Å². The number of hydrogen-bond donors (Lipinski definition) is 1. The average molecular weight is 380 g/mol. The first-order chi connectivity index (χ1) is 12.3. The van der Waals surface area contributed by atoms with Gasteiger partial charge in [-0.15, -0.1) is 0 Å². The summed E-state index contributed by atoms with van der Waals surface area (Å²) in [6.45, 7) is 1.37. The maximum atomic E-state index is 12.2. The summed E-state index contributed by atoms with van der Waals surface area (Å²) in [5.41, 5.74) is -0.0247. The molecule has 2 aromatic rings. The first-order valence-electron chi connectivity index (χ1n) is 7.27. The molecule has 1 amide bonds. The number of ether oxygens (including phenoxy) is 2. The van der Waals surface area contributed by atoms with Crippen LogP contribution >= 0.6 is 11.6 Å².